The van der Waals surface area contributed by atoms with Crippen molar-refractivity contribution in [2.24, 2.45) is 0 Å². The first-order valence-corrected chi connectivity index (χ1v) is 5.41. The molecule has 3 N–H and O–H groups in total. The molecule has 6 nitrogen and oxygen atoms in total. The van der Waals surface area contributed by atoms with Crippen molar-refractivity contribution in [2.75, 3.05) is 10.6 Å². The summed E-state index contributed by atoms with van der Waals surface area (Å²) in [7, 11) is 0. The third kappa shape index (κ3) is 3.08. The van der Waals surface area contributed by atoms with Crippen molar-refractivity contribution in [3.05, 3.63) is 42.2 Å². The SMILES string of the molecule is CC(O)c1cccc(NC(=O)Nc2ccon2)c1. The maximum atomic E-state index is 11.6. The molecule has 0 spiro atoms. The maximum Gasteiger partial charge on any atom is 0.324 e. The molecule has 1 unspecified atom stereocenters. The van der Waals surface area contributed by atoms with Crippen molar-refractivity contribution in [3.63, 3.8) is 0 Å². The number of carbonyl (C=O) groups is 1. The number of rotatable bonds is 3. The van der Waals surface area contributed by atoms with Crippen LogP contribution >= 0.6 is 0 Å². The number of aliphatic hydroxyl groups excluding tert-OH is 1. The van der Waals surface area contributed by atoms with Gasteiger partial charge in [0.25, 0.3) is 0 Å². The molecule has 1 heterocycles. The van der Waals surface area contributed by atoms with Crippen LogP contribution in [0.5, 0.6) is 0 Å². The second-order valence-electron chi connectivity index (χ2n) is 3.77. The second-order valence-corrected chi connectivity index (χ2v) is 3.77. The lowest BCUT2D eigenvalue weighted by Gasteiger charge is -2.09. The predicted molar refractivity (Wildman–Crippen MR) is 66.2 cm³/mol. The van der Waals surface area contributed by atoms with E-state index in [2.05, 4.69) is 20.3 Å². The minimum absolute atomic E-state index is 0.333. The first-order valence-electron chi connectivity index (χ1n) is 5.41. The zero-order valence-electron chi connectivity index (χ0n) is 9.75. The topological polar surface area (TPSA) is 87.4 Å². The number of urea groups is 1. The van der Waals surface area contributed by atoms with E-state index < -0.39 is 12.1 Å². The molecule has 0 fully saturated rings. The Kier molecular flexibility index (Phi) is 3.59. The summed E-state index contributed by atoms with van der Waals surface area (Å²) in [5.74, 6) is 0.333. The molecule has 18 heavy (non-hydrogen) atoms. The van der Waals surface area contributed by atoms with Crippen LogP contribution in [0.2, 0.25) is 0 Å². The number of benzene rings is 1. The average Bonchev–Trinajstić information content (AvgIpc) is 2.82. The molecule has 94 valence electrons. The number of carbonyl (C=O) groups excluding carboxylic acids is 1. The molecule has 0 aliphatic rings. The quantitative estimate of drug-likeness (QED) is 0.777. The molecule has 2 aromatic rings. The van der Waals surface area contributed by atoms with Crippen molar-refractivity contribution in [3.8, 4) is 0 Å². The smallest absolute Gasteiger partial charge is 0.324 e. The van der Waals surface area contributed by atoms with Gasteiger partial charge in [-0.25, -0.2) is 4.79 Å². The minimum Gasteiger partial charge on any atom is -0.389 e. The molecule has 2 rings (SSSR count). The number of nitrogens with zero attached hydrogens (tertiary/aromatic N) is 1. The van der Waals surface area contributed by atoms with Gasteiger partial charge in [0.05, 0.1) is 6.10 Å². The summed E-state index contributed by atoms with van der Waals surface area (Å²) < 4.78 is 4.59. The lowest BCUT2D eigenvalue weighted by molar-refractivity contribution is 0.199. The van der Waals surface area contributed by atoms with E-state index in [1.165, 1.54) is 12.3 Å². The van der Waals surface area contributed by atoms with Gasteiger partial charge in [-0.2, -0.15) is 0 Å². The standard InChI is InChI=1S/C12H13N3O3/c1-8(16)9-3-2-4-10(7-9)13-12(17)14-11-5-6-18-15-11/h2-8,16H,1H3,(H2,13,14,15,17). The Morgan fingerprint density at radius 3 is 2.89 bits per heavy atom. The van der Waals surface area contributed by atoms with Gasteiger partial charge < -0.3 is 14.9 Å². The molecule has 0 saturated carbocycles. The highest BCUT2D eigenvalue weighted by atomic mass is 16.5. The van der Waals surface area contributed by atoms with E-state index >= 15 is 0 Å². The summed E-state index contributed by atoms with van der Waals surface area (Å²) in [5, 5.41) is 18.1. The largest absolute Gasteiger partial charge is 0.389 e. The third-order valence-corrected chi connectivity index (χ3v) is 2.31. The summed E-state index contributed by atoms with van der Waals surface area (Å²) in [6.45, 7) is 1.66. The molecule has 0 bridgehead atoms. The number of aromatic nitrogens is 1. The first kappa shape index (κ1) is 12.1. The molecule has 2 amide bonds. The summed E-state index contributed by atoms with van der Waals surface area (Å²) in [5.41, 5.74) is 1.32. The first-order chi connectivity index (χ1) is 8.65. The highest BCUT2D eigenvalue weighted by molar-refractivity contribution is 5.99. The van der Waals surface area contributed by atoms with Gasteiger partial charge in [-0.05, 0) is 24.6 Å². The molecule has 1 aromatic carbocycles. The number of anilines is 2. The number of nitrogens with one attached hydrogen (secondary N) is 2. The van der Waals surface area contributed by atoms with Gasteiger partial charge in [-0.15, -0.1) is 0 Å². The van der Waals surface area contributed by atoms with Crippen LogP contribution in [-0.4, -0.2) is 16.3 Å². The molecule has 6 heteroatoms. The van der Waals surface area contributed by atoms with Gasteiger partial charge in [0.2, 0.25) is 0 Å². The zero-order valence-corrected chi connectivity index (χ0v) is 9.75. The lowest BCUT2D eigenvalue weighted by atomic mass is 10.1. The van der Waals surface area contributed by atoms with Gasteiger partial charge in [-0.3, -0.25) is 5.32 Å². The monoisotopic (exact) mass is 247 g/mol. The van der Waals surface area contributed by atoms with Gasteiger partial charge in [-0.1, -0.05) is 17.3 Å². The van der Waals surface area contributed by atoms with Crippen molar-refractivity contribution in [1.29, 1.82) is 0 Å². The van der Waals surface area contributed by atoms with Crippen LogP contribution in [0.4, 0.5) is 16.3 Å². The minimum atomic E-state index is -0.578. The van der Waals surface area contributed by atoms with Gasteiger partial charge in [0.1, 0.15) is 6.26 Å². The van der Waals surface area contributed by atoms with Crippen LogP contribution in [0.15, 0.2) is 41.1 Å². The molecule has 0 aliphatic heterocycles. The Morgan fingerprint density at radius 1 is 1.39 bits per heavy atom. The average molecular weight is 247 g/mol. The van der Waals surface area contributed by atoms with E-state index in [0.29, 0.717) is 11.5 Å². The number of aliphatic hydroxyl groups is 1. The Morgan fingerprint density at radius 2 is 2.22 bits per heavy atom. The molecular formula is C12H13N3O3. The fraction of sp³-hybridized carbons (Fsp3) is 0.167. The molecule has 1 aromatic heterocycles. The van der Waals surface area contributed by atoms with E-state index in [4.69, 9.17) is 0 Å². The van der Waals surface area contributed by atoms with Crippen molar-refractivity contribution < 1.29 is 14.4 Å². The zero-order chi connectivity index (χ0) is 13.0. The van der Waals surface area contributed by atoms with Crippen LogP contribution in [0.1, 0.15) is 18.6 Å². The number of hydrogen-bond donors (Lipinski definition) is 3. The van der Waals surface area contributed by atoms with Gasteiger partial charge >= 0.3 is 6.03 Å². The summed E-state index contributed by atoms with van der Waals surface area (Å²) in [4.78, 5) is 11.6. The third-order valence-electron chi connectivity index (χ3n) is 2.31. The van der Waals surface area contributed by atoms with Crippen molar-refractivity contribution in [1.82, 2.24) is 5.16 Å². The highest BCUT2D eigenvalue weighted by Gasteiger charge is 2.06. The Hall–Kier alpha value is -2.34. The molecule has 0 aliphatic carbocycles. The Labute approximate surface area is 104 Å². The van der Waals surface area contributed by atoms with Crippen molar-refractivity contribution in [2.45, 2.75) is 13.0 Å². The van der Waals surface area contributed by atoms with Crippen LogP contribution < -0.4 is 10.6 Å². The van der Waals surface area contributed by atoms with Gasteiger partial charge in [0, 0.05) is 11.8 Å². The van der Waals surface area contributed by atoms with E-state index in [1.54, 1.807) is 31.2 Å². The Bertz CT molecular complexity index is 523. The number of hydrogen-bond acceptors (Lipinski definition) is 4. The molecule has 1 atom stereocenters. The maximum absolute atomic E-state index is 11.6. The van der Waals surface area contributed by atoms with E-state index in [9.17, 15) is 9.90 Å². The number of amides is 2. The summed E-state index contributed by atoms with van der Waals surface area (Å²) >= 11 is 0. The summed E-state index contributed by atoms with van der Waals surface area (Å²) in [6.07, 6.45) is 0.786. The van der Waals surface area contributed by atoms with Crippen LogP contribution in [0.3, 0.4) is 0 Å². The van der Waals surface area contributed by atoms with Gasteiger partial charge in [0.15, 0.2) is 5.82 Å². The normalized spacial score (nSPS) is 11.9. The molecule has 0 saturated heterocycles. The van der Waals surface area contributed by atoms with Crippen LogP contribution in [0.25, 0.3) is 0 Å². The fourth-order valence-corrected chi connectivity index (χ4v) is 1.43. The van der Waals surface area contributed by atoms with E-state index in [0.717, 1.165) is 5.56 Å². The van der Waals surface area contributed by atoms with Crippen LogP contribution in [0, 0.1) is 0 Å². The Balaban J connectivity index is 2.00. The predicted octanol–water partition coefficient (Wildman–Crippen LogP) is 2.37. The highest BCUT2D eigenvalue weighted by Crippen LogP contribution is 2.17. The van der Waals surface area contributed by atoms with Crippen LogP contribution in [-0.2, 0) is 0 Å². The summed E-state index contributed by atoms with van der Waals surface area (Å²) in [6, 6.07) is 8.08. The lowest BCUT2D eigenvalue weighted by Crippen LogP contribution is -2.19. The molecule has 0 radical (unpaired) electrons. The van der Waals surface area contributed by atoms with E-state index in [1.807, 2.05) is 0 Å². The molecular weight excluding hydrogens is 234 g/mol. The fourth-order valence-electron chi connectivity index (χ4n) is 1.43. The van der Waals surface area contributed by atoms with E-state index in [-0.39, 0.29) is 0 Å². The second kappa shape index (κ2) is 5.33. The van der Waals surface area contributed by atoms with Crippen molar-refractivity contribution >= 4 is 17.5 Å².